The molecule has 7 heteroatoms. The summed E-state index contributed by atoms with van der Waals surface area (Å²) < 4.78 is 7.04. The summed E-state index contributed by atoms with van der Waals surface area (Å²) in [5.41, 5.74) is 0.291. The Bertz CT molecular complexity index is 408. The van der Waals surface area contributed by atoms with E-state index in [0.717, 1.165) is 6.07 Å². The zero-order valence-corrected chi connectivity index (χ0v) is 9.04. The molecular formula is C8H7AlN2O4. The number of rotatable bonds is 3. The second kappa shape index (κ2) is 4.78. The minimum absolute atomic E-state index is 0.146. The fourth-order valence-corrected chi connectivity index (χ4v) is 1.29. The first-order valence-electron chi connectivity index (χ1n) is 3.93. The van der Waals surface area contributed by atoms with Crippen molar-refractivity contribution < 1.29 is 14.5 Å². The lowest BCUT2D eigenvalue weighted by atomic mass is 10.2. The average Bonchev–Trinajstić information content (AvgIpc) is 2.27. The Kier molecular flexibility index (Phi) is 3.66. The van der Waals surface area contributed by atoms with Crippen molar-refractivity contribution in [3.8, 4) is 0 Å². The number of benzene rings is 1. The van der Waals surface area contributed by atoms with E-state index in [-0.39, 0.29) is 11.3 Å². The van der Waals surface area contributed by atoms with E-state index in [2.05, 4.69) is 25.5 Å². The Hall–Kier alpha value is -1.58. The molecular weight excluding hydrogens is 215 g/mol. The zero-order valence-electron chi connectivity index (χ0n) is 7.89. The average molecular weight is 222 g/mol. The van der Waals surface area contributed by atoms with Gasteiger partial charge in [-0.25, -0.2) is 4.79 Å². The minimum atomic E-state index is -0.603. The molecule has 0 heterocycles. The molecule has 1 rings (SSSR count). The van der Waals surface area contributed by atoms with Crippen LogP contribution in [0, 0.1) is 10.1 Å². The van der Waals surface area contributed by atoms with E-state index in [1.807, 2.05) is 0 Å². The van der Waals surface area contributed by atoms with Crippen LogP contribution in [-0.2, 0) is 4.74 Å². The molecule has 15 heavy (non-hydrogen) atoms. The minimum Gasteiger partial charge on any atom is -0.486 e. The van der Waals surface area contributed by atoms with Crippen LogP contribution in [0.25, 0.3) is 0 Å². The Morgan fingerprint density at radius 1 is 1.60 bits per heavy atom. The van der Waals surface area contributed by atoms with Gasteiger partial charge in [0, 0.05) is 6.07 Å². The number of esters is 1. The molecule has 0 amide bonds. The first-order chi connectivity index (χ1) is 7.10. The fraction of sp³-hybridized carbons (Fsp3) is 0.125. The van der Waals surface area contributed by atoms with Gasteiger partial charge in [-0.2, -0.15) is 0 Å². The van der Waals surface area contributed by atoms with Crippen molar-refractivity contribution in [2.45, 2.75) is 0 Å². The number of nitro benzene ring substituents is 1. The normalized spacial score (nSPS) is 9.40. The number of nitro groups is 1. The van der Waals surface area contributed by atoms with Crippen LogP contribution in [0.5, 0.6) is 0 Å². The van der Waals surface area contributed by atoms with Crippen LogP contribution in [-0.4, -0.2) is 34.5 Å². The zero-order chi connectivity index (χ0) is 11.4. The first-order valence-corrected chi connectivity index (χ1v) is 4.51. The highest BCUT2D eigenvalue weighted by Gasteiger charge is 2.16. The van der Waals surface area contributed by atoms with Crippen LogP contribution in [0.1, 0.15) is 10.4 Å². The molecule has 1 aromatic rings. The lowest BCUT2D eigenvalue weighted by Crippen LogP contribution is -2.04. The Morgan fingerprint density at radius 3 is 2.73 bits per heavy atom. The highest BCUT2D eigenvalue weighted by molar-refractivity contribution is 6.16. The van der Waals surface area contributed by atoms with E-state index in [4.69, 9.17) is 0 Å². The summed E-state index contributed by atoms with van der Waals surface area (Å²) in [6.45, 7) is 0. The molecule has 6 nitrogen and oxygen atoms in total. The summed E-state index contributed by atoms with van der Waals surface area (Å²) in [6, 6.07) is 4.06. The van der Waals surface area contributed by atoms with Crippen LogP contribution in [0.4, 0.5) is 11.4 Å². The molecule has 0 aromatic heterocycles. The van der Waals surface area contributed by atoms with Gasteiger partial charge in [0.15, 0.2) is 0 Å². The van der Waals surface area contributed by atoms with Crippen molar-refractivity contribution in [1.29, 1.82) is 0 Å². The van der Waals surface area contributed by atoms with E-state index in [1.54, 1.807) is 0 Å². The molecule has 0 fully saturated rings. The predicted octanol–water partition coefficient (Wildman–Crippen LogP) is 0.877. The quantitative estimate of drug-likeness (QED) is 0.355. The van der Waals surface area contributed by atoms with Crippen LogP contribution in [0.3, 0.4) is 0 Å². The van der Waals surface area contributed by atoms with Crippen LogP contribution in [0.15, 0.2) is 18.2 Å². The summed E-state index contributed by atoms with van der Waals surface area (Å²) >= 11 is 2.15. The number of nitrogens with zero attached hydrogens (tertiary/aromatic N) is 1. The SMILES string of the molecule is COC(=O)c1ccc([NH][Al])c([N+](=O)[O-])c1. The lowest BCUT2D eigenvalue weighted by Gasteiger charge is -2.04. The summed E-state index contributed by atoms with van der Waals surface area (Å²) in [5.74, 6) is -0.603. The van der Waals surface area contributed by atoms with Crippen molar-refractivity contribution in [2.24, 2.45) is 0 Å². The molecule has 1 N–H and O–H groups in total. The van der Waals surface area contributed by atoms with Gasteiger partial charge in [0.1, 0.15) is 0 Å². The second-order valence-corrected chi connectivity index (χ2v) is 2.91. The van der Waals surface area contributed by atoms with Crippen molar-refractivity contribution in [3.05, 3.63) is 33.9 Å². The van der Waals surface area contributed by atoms with Gasteiger partial charge >= 0.3 is 22.5 Å². The molecule has 0 aliphatic heterocycles. The summed E-state index contributed by atoms with van der Waals surface area (Å²) in [4.78, 5) is 21.2. The molecule has 0 unspecified atom stereocenters. The molecule has 76 valence electrons. The Morgan fingerprint density at radius 2 is 2.27 bits per heavy atom. The van der Waals surface area contributed by atoms with E-state index in [1.165, 1.54) is 19.2 Å². The Balaban J connectivity index is 3.22. The highest BCUT2D eigenvalue weighted by Crippen LogP contribution is 2.24. The maximum atomic E-state index is 11.1. The number of methoxy groups -OCH3 is 1. The molecule has 0 atom stereocenters. The van der Waals surface area contributed by atoms with E-state index >= 15 is 0 Å². The van der Waals surface area contributed by atoms with Crippen molar-refractivity contribution in [1.82, 2.24) is 0 Å². The molecule has 0 saturated carbocycles. The monoisotopic (exact) mass is 222 g/mol. The van der Waals surface area contributed by atoms with E-state index < -0.39 is 10.9 Å². The fourth-order valence-electron chi connectivity index (χ4n) is 1.05. The molecule has 2 radical (unpaired) electrons. The van der Waals surface area contributed by atoms with Gasteiger partial charge in [0.25, 0.3) is 5.69 Å². The number of ether oxygens (including phenoxy) is 1. The lowest BCUT2D eigenvalue weighted by molar-refractivity contribution is -0.383. The van der Waals surface area contributed by atoms with Gasteiger partial charge in [-0.1, -0.05) is 0 Å². The van der Waals surface area contributed by atoms with Crippen molar-refractivity contribution >= 4 is 33.9 Å². The standard InChI is InChI=1S/C8H8N2O4.Al/c1-14-8(11)5-2-3-6(9)7(4-5)10(12)13;/h2-4H,1H3,(H2,9,11);/q;+1/p-1. The Labute approximate surface area is 94.0 Å². The van der Waals surface area contributed by atoms with Gasteiger partial charge in [0.2, 0.25) is 0 Å². The number of hydrogen-bond acceptors (Lipinski definition) is 5. The van der Waals surface area contributed by atoms with Crippen molar-refractivity contribution in [3.63, 3.8) is 0 Å². The third-order valence-corrected chi connectivity index (χ3v) is 2.08. The molecule has 1 aromatic carbocycles. The molecule has 0 aliphatic rings. The summed E-state index contributed by atoms with van der Waals surface area (Å²) in [6.07, 6.45) is 0. The van der Waals surface area contributed by atoms with Gasteiger partial charge < -0.3 is 9.04 Å². The molecule has 0 saturated heterocycles. The number of carbonyl (C=O) groups is 1. The topological polar surface area (TPSA) is 81.5 Å². The van der Waals surface area contributed by atoms with Crippen molar-refractivity contribution in [2.75, 3.05) is 11.4 Å². The van der Waals surface area contributed by atoms with E-state index in [9.17, 15) is 14.9 Å². The number of anilines is 1. The first kappa shape index (κ1) is 11.5. The number of carbonyl (C=O) groups excluding carboxylic acids is 1. The van der Waals surface area contributed by atoms with Gasteiger partial charge in [-0.15, -0.1) is 0 Å². The summed E-state index contributed by atoms with van der Waals surface area (Å²) in [7, 11) is 1.22. The predicted molar refractivity (Wildman–Crippen MR) is 53.8 cm³/mol. The number of nitrogens with one attached hydrogen (secondary N) is 1. The molecule has 0 bridgehead atoms. The smallest absolute Gasteiger partial charge is 0.338 e. The summed E-state index contributed by atoms with van der Waals surface area (Å²) in [5, 5.41) is 10.6. The van der Waals surface area contributed by atoms with Gasteiger partial charge in [0.05, 0.1) is 23.3 Å². The second-order valence-electron chi connectivity index (χ2n) is 2.62. The van der Waals surface area contributed by atoms with E-state index in [0.29, 0.717) is 5.69 Å². The van der Waals surface area contributed by atoms with Crippen LogP contribution < -0.4 is 4.30 Å². The third-order valence-electron chi connectivity index (χ3n) is 1.77. The highest BCUT2D eigenvalue weighted by atomic mass is 27.1. The maximum absolute atomic E-state index is 11.1. The van der Waals surface area contributed by atoms with Gasteiger partial charge in [-0.05, 0) is 12.1 Å². The molecule has 0 spiro atoms. The largest absolute Gasteiger partial charge is 0.486 e. The van der Waals surface area contributed by atoms with Crippen LogP contribution in [0.2, 0.25) is 0 Å². The van der Waals surface area contributed by atoms with Crippen LogP contribution >= 0.6 is 0 Å². The number of hydrogen-bond donors (Lipinski definition) is 1. The van der Waals surface area contributed by atoms with Gasteiger partial charge in [-0.3, -0.25) is 10.1 Å². The maximum Gasteiger partial charge on any atom is 0.338 e. The third kappa shape index (κ3) is 2.46. The molecule has 0 aliphatic carbocycles.